The Morgan fingerprint density at radius 1 is 0.246 bits per heavy atom. The first-order valence-corrected chi connectivity index (χ1v) is 24.4. The van der Waals surface area contributed by atoms with Crippen molar-refractivity contribution in [2.24, 2.45) is 0 Å². The standard InChI is InChI=1S/C64H60S/c1-61(2,3)39-21-27-47-45-25-19-37(31-53(45)49-29-23-41(63(7,8)9)35-57(49)55(47)33-39)43-15-13-17-51-52-18-14-16-44(60(52)65-59(43)51)38-20-26-46-48-28-22-40(62(4,5)6)34-56(48)58-36-42(64(10,11)12)24-30-50(58)54(46)32-38/h13-36H,1-12H3. The summed E-state index contributed by atoms with van der Waals surface area (Å²) in [4.78, 5) is 0. The zero-order valence-corrected chi connectivity index (χ0v) is 41.1. The minimum atomic E-state index is 0.0519. The maximum absolute atomic E-state index is 2.47. The number of benzene rings is 10. The van der Waals surface area contributed by atoms with Gasteiger partial charge in [0.05, 0.1) is 0 Å². The van der Waals surface area contributed by atoms with Crippen LogP contribution in [0.3, 0.4) is 0 Å². The predicted molar refractivity (Wildman–Crippen MR) is 290 cm³/mol. The molecule has 0 radical (unpaired) electrons. The highest BCUT2D eigenvalue weighted by Crippen LogP contribution is 2.47. The van der Waals surface area contributed by atoms with E-state index in [1.54, 1.807) is 0 Å². The third-order valence-electron chi connectivity index (χ3n) is 14.5. The number of hydrogen-bond donors (Lipinski definition) is 0. The van der Waals surface area contributed by atoms with Crippen molar-refractivity contribution in [3.63, 3.8) is 0 Å². The first kappa shape index (κ1) is 41.7. The lowest BCUT2D eigenvalue weighted by Crippen LogP contribution is -2.11. The van der Waals surface area contributed by atoms with Crippen LogP contribution in [0, 0.1) is 0 Å². The molecule has 0 nitrogen and oxygen atoms in total. The Morgan fingerprint density at radius 3 is 0.800 bits per heavy atom. The van der Waals surface area contributed by atoms with E-state index in [2.05, 4.69) is 229 Å². The largest absolute Gasteiger partial charge is 0.134 e. The third kappa shape index (κ3) is 6.76. The van der Waals surface area contributed by atoms with Crippen molar-refractivity contribution in [1.82, 2.24) is 0 Å². The average molecular weight is 861 g/mol. The third-order valence-corrected chi connectivity index (χ3v) is 15.8. The number of rotatable bonds is 2. The average Bonchev–Trinajstić information content (AvgIpc) is 3.66. The maximum atomic E-state index is 2.47. The van der Waals surface area contributed by atoms with E-state index in [0.29, 0.717) is 0 Å². The molecule has 0 spiro atoms. The van der Waals surface area contributed by atoms with Gasteiger partial charge in [0.1, 0.15) is 0 Å². The van der Waals surface area contributed by atoms with E-state index in [1.807, 2.05) is 11.3 Å². The predicted octanol–water partition coefficient (Wildman–Crippen LogP) is 19.5. The number of hydrogen-bond acceptors (Lipinski definition) is 1. The van der Waals surface area contributed by atoms with Crippen LogP contribution in [-0.4, -0.2) is 0 Å². The quantitative estimate of drug-likeness (QED) is 0.152. The summed E-state index contributed by atoms with van der Waals surface area (Å²) in [6.45, 7) is 27.8. The van der Waals surface area contributed by atoms with Crippen LogP contribution in [0.1, 0.15) is 105 Å². The Morgan fingerprint density at radius 2 is 0.508 bits per heavy atom. The lowest BCUT2D eigenvalue weighted by atomic mass is 9.82. The molecular weight excluding hydrogens is 801 g/mol. The monoisotopic (exact) mass is 860 g/mol. The molecule has 1 heterocycles. The summed E-state index contributed by atoms with van der Waals surface area (Å²) in [5.41, 5.74) is 10.8. The van der Waals surface area contributed by atoms with Crippen LogP contribution in [0.25, 0.3) is 107 Å². The molecule has 0 unspecified atom stereocenters. The fraction of sp³-hybridized carbons (Fsp3) is 0.250. The van der Waals surface area contributed by atoms with E-state index in [-0.39, 0.29) is 21.7 Å². The minimum absolute atomic E-state index is 0.0519. The van der Waals surface area contributed by atoms with Gasteiger partial charge in [-0.3, -0.25) is 0 Å². The fourth-order valence-electron chi connectivity index (χ4n) is 10.5. The Bertz CT molecular complexity index is 3540. The summed E-state index contributed by atoms with van der Waals surface area (Å²) in [6.07, 6.45) is 0. The molecule has 10 aromatic carbocycles. The minimum Gasteiger partial charge on any atom is -0.134 e. The topological polar surface area (TPSA) is 0 Å². The second kappa shape index (κ2) is 14.2. The SMILES string of the molecule is CC(C)(C)c1ccc2c3ccc(-c4cccc5c4sc4c(-c6ccc7c8ccc(C(C)(C)C)cc8c8cc(C(C)(C)C)ccc8c7c6)cccc45)cc3c3ccc(C(C)(C)C)cc3c2c1. The summed E-state index contributed by atoms with van der Waals surface area (Å²) >= 11 is 1.94. The summed E-state index contributed by atoms with van der Waals surface area (Å²) < 4.78 is 2.68. The van der Waals surface area contributed by atoms with Gasteiger partial charge < -0.3 is 0 Å². The molecule has 1 heteroatoms. The lowest BCUT2D eigenvalue weighted by Gasteiger charge is -2.23. The van der Waals surface area contributed by atoms with Crippen LogP contribution in [0.2, 0.25) is 0 Å². The van der Waals surface area contributed by atoms with Crippen molar-refractivity contribution >= 4 is 96.1 Å². The van der Waals surface area contributed by atoms with E-state index in [4.69, 9.17) is 0 Å². The van der Waals surface area contributed by atoms with Crippen LogP contribution in [0.15, 0.2) is 146 Å². The van der Waals surface area contributed by atoms with Gasteiger partial charge in [-0.25, -0.2) is 0 Å². The second-order valence-electron chi connectivity index (χ2n) is 23.0. The van der Waals surface area contributed by atoms with Gasteiger partial charge in [0.2, 0.25) is 0 Å². The highest BCUT2D eigenvalue weighted by molar-refractivity contribution is 7.26. The van der Waals surface area contributed by atoms with Crippen LogP contribution >= 0.6 is 11.3 Å². The molecule has 0 aliphatic rings. The van der Waals surface area contributed by atoms with E-state index < -0.39 is 0 Å². The van der Waals surface area contributed by atoms with Gasteiger partial charge in [-0.05, 0) is 167 Å². The van der Waals surface area contributed by atoms with Gasteiger partial charge in [0.25, 0.3) is 0 Å². The molecule has 0 atom stereocenters. The number of fused-ring (bicyclic) bond motifs is 15. The van der Waals surface area contributed by atoms with Crippen molar-refractivity contribution in [1.29, 1.82) is 0 Å². The number of thiophene rings is 1. The summed E-state index contributed by atoms with van der Waals surface area (Å²) in [5, 5.41) is 18.5. The van der Waals surface area contributed by atoms with Crippen LogP contribution < -0.4 is 0 Å². The Hall–Kier alpha value is -6.02. The van der Waals surface area contributed by atoms with Crippen molar-refractivity contribution in [2.75, 3.05) is 0 Å². The molecule has 0 aliphatic carbocycles. The molecular formula is C64H60S. The lowest BCUT2D eigenvalue weighted by molar-refractivity contribution is 0.590. The maximum Gasteiger partial charge on any atom is 0.0434 e. The first-order chi connectivity index (χ1) is 30.7. The molecule has 0 saturated carbocycles. The van der Waals surface area contributed by atoms with Gasteiger partial charge in [0.15, 0.2) is 0 Å². The summed E-state index contributed by atoms with van der Waals surface area (Å²) in [5.74, 6) is 0. The van der Waals surface area contributed by atoms with Gasteiger partial charge in [-0.15, -0.1) is 11.3 Å². The molecule has 0 bridgehead atoms. The molecule has 322 valence electrons. The van der Waals surface area contributed by atoms with Crippen molar-refractivity contribution < 1.29 is 0 Å². The molecule has 0 fully saturated rings. The summed E-state index contributed by atoms with van der Waals surface area (Å²) in [7, 11) is 0. The van der Waals surface area contributed by atoms with E-state index in [0.717, 1.165) is 0 Å². The van der Waals surface area contributed by atoms with Gasteiger partial charge in [-0.1, -0.05) is 192 Å². The van der Waals surface area contributed by atoms with Crippen LogP contribution in [0.5, 0.6) is 0 Å². The Labute approximate surface area is 388 Å². The molecule has 0 N–H and O–H groups in total. The van der Waals surface area contributed by atoms with Gasteiger partial charge in [0, 0.05) is 20.2 Å². The molecule has 65 heavy (non-hydrogen) atoms. The zero-order chi connectivity index (χ0) is 45.5. The van der Waals surface area contributed by atoms with Crippen LogP contribution in [0.4, 0.5) is 0 Å². The fourth-order valence-corrected chi connectivity index (χ4v) is 11.9. The van der Waals surface area contributed by atoms with Gasteiger partial charge >= 0.3 is 0 Å². The highest BCUT2D eigenvalue weighted by atomic mass is 32.1. The van der Waals surface area contributed by atoms with Crippen LogP contribution in [-0.2, 0) is 21.7 Å². The molecule has 0 saturated heterocycles. The van der Waals surface area contributed by atoms with E-state index in [1.165, 1.54) is 129 Å². The van der Waals surface area contributed by atoms with E-state index in [9.17, 15) is 0 Å². The molecule has 11 rings (SSSR count). The molecule has 0 aliphatic heterocycles. The second-order valence-corrected chi connectivity index (χ2v) is 24.0. The molecule has 0 amide bonds. The van der Waals surface area contributed by atoms with Gasteiger partial charge in [-0.2, -0.15) is 0 Å². The normalized spacial score (nSPS) is 13.2. The summed E-state index contributed by atoms with van der Waals surface area (Å²) in [6, 6.07) is 57.0. The Kier molecular flexibility index (Phi) is 9.13. The van der Waals surface area contributed by atoms with Crippen molar-refractivity contribution in [3.8, 4) is 22.3 Å². The molecule has 1 aromatic heterocycles. The van der Waals surface area contributed by atoms with Crippen molar-refractivity contribution in [3.05, 3.63) is 168 Å². The van der Waals surface area contributed by atoms with Crippen molar-refractivity contribution in [2.45, 2.75) is 105 Å². The highest BCUT2D eigenvalue weighted by Gasteiger charge is 2.23. The smallest absolute Gasteiger partial charge is 0.0434 e. The van der Waals surface area contributed by atoms with E-state index >= 15 is 0 Å². The first-order valence-electron chi connectivity index (χ1n) is 23.6. The zero-order valence-electron chi connectivity index (χ0n) is 40.3. The molecule has 11 aromatic rings. The Balaban J connectivity index is 1.11.